The minimum absolute atomic E-state index is 0.0389. The van der Waals surface area contributed by atoms with Gasteiger partial charge in [0.1, 0.15) is 11.5 Å². The molecule has 1 aliphatic heterocycles. The molecule has 164 valence electrons. The van der Waals surface area contributed by atoms with Gasteiger partial charge in [-0.3, -0.25) is 0 Å². The van der Waals surface area contributed by atoms with Gasteiger partial charge in [0.2, 0.25) is 0 Å². The number of aromatic nitrogens is 3. The Bertz CT molecular complexity index is 1280. The summed E-state index contributed by atoms with van der Waals surface area (Å²) < 4.78 is 16.1. The summed E-state index contributed by atoms with van der Waals surface area (Å²) >= 11 is 5.83. The number of phenols is 1. The van der Waals surface area contributed by atoms with E-state index in [0.29, 0.717) is 5.52 Å². The fourth-order valence-corrected chi connectivity index (χ4v) is 4.47. The van der Waals surface area contributed by atoms with Crippen LogP contribution in [0, 0.1) is 12.7 Å². The van der Waals surface area contributed by atoms with Crippen LogP contribution in [-0.4, -0.2) is 45.5 Å². The van der Waals surface area contributed by atoms with Crippen LogP contribution in [0.3, 0.4) is 0 Å². The lowest BCUT2D eigenvalue weighted by molar-refractivity contribution is 0.430. The number of pyridine rings is 1. The second-order valence-electron chi connectivity index (χ2n) is 8.03. The van der Waals surface area contributed by atoms with Gasteiger partial charge in [0.05, 0.1) is 22.4 Å². The van der Waals surface area contributed by atoms with E-state index in [4.69, 9.17) is 16.6 Å². The van der Waals surface area contributed by atoms with Crippen molar-refractivity contribution in [3.8, 4) is 11.4 Å². The molecule has 8 heteroatoms. The highest BCUT2D eigenvalue weighted by Gasteiger charge is 2.25. The summed E-state index contributed by atoms with van der Waals surface area (Å²) in [5.74, 6) is -0.516. The molecule has 2 aromatic carbocycles. The van der Waals surface area contributed by atoms with E-state index in [0.717, 1.165) is 43.0 Å². The Labute approximate surface area is 190 Å². The van der Waals surface area contributed by atoms with E-state index in [1.165, 1.54) is 22.4 Å². The van der Waals surface area contributed by atoms with Crippen LogP contribution in [0.1, 0.15) is 11.3 Å². The second kappa shape index (κ2) is 8.41. The molecular weight excluding hydrogens is 429 g/mol. The van der Waals surface area contributed by atoms with Crippen molar-refractivity contribution in [1.82, 2.24) is 20.1 Å². The third-order valence-electron chi connectivity index (χ3n) is 5.97. The van der Waals surface area contributed by atoms with E-state index in [2.05, 4.69) is 39.6 Å². The standard InChI is InChI=1S/C24H23ClFN5O/c1-15-18-12-22(30-10-9-27-13-17(30)11-16-5-3-2-4-6-16)28-14-21(18)31(29-15)20-8-7-19(25)24(32)23(20)26/h2-8,12,14,17,27,32H,9-11,13H2,1H3/t17-/m1/s1. The number of rotatable bonds is 4. The maximum Gasteiger partial charge on any atom is 0.191 e. The molecule has 2 N–H and O–H groups in total. The summed E-state index contributed by atoms with van der Waals surface area (Å²) in [6, 6.07) is 15.7. The molecule has 3 heterocycles. The number of anilines is 1. The van der Waals surface area contributed by atoms with Crippen LogP contribution >= 0.6 is 11.6 Å². The normalized spacial score (nSPS) is 16.6. The summed E-state index contributed by atoms with van der Waals surface area (Å²) in [6.07, 6.45) is 2.64. The molecule has 0 bridgehead atoms. The fraction of sp³-hybridized carbons (Fsp3) is 0.250. The molecule has 5 rings (SSSR count). The minimum atomic E-state index is -0.809. The number of hydrogen-bond donors (Lipinski definition) is 2. The molecular formula is C24H23ClFN5O. The van der Waals surface area contributed by atoms with Gasteiger partial charge in [-0.25, -0.2) is 14.1 Å². The molecule has 0 amide bonds. The number of hydrogen-bond acceptors (Lipinski definition) is 5. The van der Waals surface area contributed by atoms with E-state index in [9.17, 15) is 9.50 Å². The van der Waals surface area contributed by atoms with Gasteiger partial charge in [-0.1, -0.05) is 41.9 Å². The zero-order valence-electron chi connectivity index (χ0n) is 17.6. The summed E-state index contributed by atoms with van der Waals surface area (Å²) in [5, 5.41) is 18.8. The summed E-state index contributed by atoms with van der Waals surface area (Å²) in [6.45, 7) is 4.50. The number of aryl methyl sites for hydroxylation is 1. The minimum Gasteiger partial charge on any atom is -0.504 e. The summed E-state index contributed by atoms with van der Waals surface area (Å²) in [7, 11) is 0. The highest BCUT2D eigenvalue weighted by Crippen LogP contribution is 2.33. The van der Waals surface area contributed by atoms with Crippen LogP contribution in [0.4, 0.5) is 10.2 Å². The number of fused-ring (bicyclic) bond motifs is 1. The second-order valence-corrected chi connectivity index (χ2v) is 8.43. The number of phenolic OH excluding ortho intramolecular Hbond substituents is 1. The molecule has 1 fully saturated rings. The molecule has 2 aromatic heterocycles. The third kappa shape index (κ3) is 3.67. The molecule has 6 nitrogen and oxygen atoms in total. The monoisotopic (exact) mass is 451 g/mol. The van der Waals surface area contributed by atoms with Crippen molar-refractivity contribution in [3.63, 3.8) is 0 Å². The maximum absolute atomic E-state index is 14.7. The number of halogens is 2. The first kappa shape index (κ1) is 20.7. The lowest BCUT2D eigenvalue weighted by Crippen LogP contribution is -2.52. The average Bonchev–Trinajstić information content (AvgIpc) is 3.14. The van der Waals surface area contributed by atoms with Gasteiger partial charge in [-0.15, -0.1) is 0 Å². The van der Waals surface area contributed by atoms with Crippen LogP contribution in [0.5, 0.6) is 5.75 Å². The van der Waals surface area contributed by atoms with Crippen molar-refractivity contribution in [2.24, 2.45) is 0 Å². The third-order valence-corrected chi connectivity index (χ3v) is 6.27. The Morgan fingerprint density at radius 1 is 1.22 bits per heavy atom. The predicted octanol–water partition coefficient (Wildman–Crippen LogP) is 4.25. The van der Waals surface area contributed by atoms with Gasteiger partial charge >= 0.3 is 0 Å². The molecule has 0 aliphatic carbocycles. The largest absolute Gasteiger partial charge is 0.504 e. The van der Waals surface area contributed by atoms with E-state index < -0.39 is 11.6 Å². The van der Waals surface area contributed by atoms with E-state index >= 15 is 0 Å². The summed E-state index contributed by atoms with van der Waals surface area (Å²) in [5.41, 5.74) is 2.84. The van der Waals surface area contributed by atoms with Gasteiger partial charge in [0, 0.05) is 31.1 Å². The van der Waals surface area contributed by atoms with Crippen molar-refractivity contribution in [2.75, 3.05) is 24.5 Å². The number of aromatic hydroxyl groups is 1. The first-order valence-electron chi connectivity index (χ1n) is 10.6. The highest BCUT2D eigenvalue weighted by molar-refractivity contribution is 6.32. The topological polar surface area (TPSA) is 66.2 Å². The Kier molecular flexibility index (Phi) is 5.45. The number of piperazine rings is 1. The van der Waals surface area contributed by atoms with Crippen LogP contribution in [0.2, 0.25) is 5.02 Å². The molecule has 0 unspecified atom stereocenters. The Hall–Kier alpha value is -3.16. The molecule has 4 aromatic rings. The van der Waals surface area contributed by atoms with Gasteiger partial charge < -0.3 is 15.3 Å². The van der Waals surface area contributed by atoms with Gasteiger partial charge in [0.15, 0.2) is 11.6 Å². The molecule has 0 radical (unpaired) electrons. The SMILES string of the molecule is Cc1nn(-c2ccc(Cl)c(O)c2F)c2cnc(N3CCNC[C@H]3Cc3ccccc3)cc12. The van der Waals surface area contributed by atoms with E-state index in [-0.39, 0.29) is 16.8 Å². The lowest BCUT2D eigenvalue weighted by Gasteiger charge is -2.37. The van der Waals surface area contributed by atoms with E-state index in [1.807, 2.05) is 19.1 Å². The van der Waals surface area contributed by atoms with Gasteiger partial charge in [-0.2, -0.15) is 5.10 Å². The van der Waals surface area contributed by atoms with Crippen LogP contribution in [0.15, 0.2) is 54.7 Å². The van der Waals surface area contributed by atoms with Crippen molar-refractivity contribution in [2.45, 2.75) is 19.4 Å². The smallest absolute Gasteiger partial charge is 0.191 e. The Balaban J connectivity index is 1.52. The zero-order chi connectivity index (χ0) is 22.2. The molecule has 0 saturated carbocycles. The van der Waals surface area contributed by atoms with Gasteiger partial charge in [-0.05, 0) is 37.1 Å². The van der Waals surface area contributed by atoms with Crippen LogP contribution in [0.25, 0.3) is 16.6 Å². The van der Waals surface area contributed by atoms with Crippen molar-refractivity contribution >= 4 is 28.3 Å². The molecule has 1 atom stereocenters. The Morgan fingerprint density at radius 3 is 2.84 bits per heavy atom. The van der Waals surface area contributed by atoms with Crippen molar-refractivity contribution in [1.29, 1.82) is 0 Å². The maximum atomic E-state index is 14.7. The fourth-order valence-electron chi connectivity index (χ4n) is 4.32. The number of benzene rings is 2. The molecule has 1 aliphatic rings. The van der Waals surface area contributed by atoms with Crippen LogP contribution < -0.4 is 10.2 Å². The molecule has 1 saturated heterocycles. The zero-order valence-corrected chi connectivity index (χ0v) is 18.3. The van der Waals surface area contributed by atoms with Crippen molar-refractivity contribution in [3.05, 3.63) is 76.8 Å². The number of nitrogens with one attached hydrogen (secondary N) is 1. The number of nitrogens with zero attached hydrogens (tertiary/aromatic N) is 4. The molecule has 32 heavy (non-hydrogen) atoms. The van der Waals surface area contributed by atoms with Crippen molar-refractivity contribution < 1.29 is 9.50 Å². The highest BCUT2D eigenvalue weighted by atomic mass is 35.5. The first-order chi connectivity index (χ1) is 15.5. The first-order valence-corrected chi connectivity index (χ1v) is 10.9. The van der Waals surface area contributed by atoms with Crippen LogP contribution in [-0.2, 0) is 6.42 Å². The van der Waals surface area contributed by atoms with E-state index in [1.54, 1.807) is 6.20 Å². The molecule has 0 spiro atoms. The Morgan fingerprint density at radius 2 is 2.03 bits per heavy atom. The predicted molar refractivity (Wildman–Crippen MR) is 124 cm³/mol. The van der Waals surface area contributed by atoms with Gasteiger partial charge in [0.25, 0.3) is 0 Å². The quantitative estimate of drug-likeness (QED) is 0.485. The average molecular weight is 452 g/mol. The lowest BCUT2D eigenvalue weighted by atomic mass is 10.0. The summed E-state index contributed by atoms with van der Waals surface area (Å²) in [4.78, 5) is 7.05.